The quantitative estimate of drug-likeness (QED) is 0.509. The minimum absolute atomic E-state index is 0.131. The number of aromatic nitrogens is 3. The molecule has 2 aromatic carbocycles. The first-order valence-electron chi connectivity index (χ1n) is 9.21. The first-order valence-corrected chi connectivity index (χ1v) is 12.0. The lowest BCUT2D eigenvalue weighted by molar-refractivity contribution is -0.116. The summed E-state index contributed by atoms with van der Waals surface area (Å²) in [6.07, 6.45) is 1.08. The van der Waals surface area contributed by atoms with E-state index in [1.807, 2.05) is 24.4 Å². The molecule has 2 aromatic heterocycles. The molecular weight excluding hydrogens is 420 g/mol. The van der Waals surface area contributed by atoms with Crippen molar-refractivity contribution in [2.75, 3.05) is 11.6 Å². The van der Waals surface area contributed by atoms with E-state index in [1.54, 1.807) is 24.3 Å². The number of amides is 1. The Morgan fingerprint density at radius 1 is 1.10 bits per heavy atom. The number of carbonyl (C=O) groups is 1. The van der Waals surface area contributed by atoms with Crippen LogP contribution in [0.1, 0.15) is 11.1 Å². The van der Waals surface area contributed by atoms with Crippen molar-refractivity contribution >= 4 is 43.2 Å². The SMILES string of the molecule is Cc1ccc(-c2csc(NC(=O)Cn3c(S(C)(=O)=O)nc4ccccc43)n2)cc1C. The Bertz CT molecular complexity index is 1370. The third-order valence-electron chi connectivity index (χ3n) is 4.81. The van der Waals surface area contributed by atoms with Crippen LogP contribution in [0.4, 0.5) is 5.13 Å². The number of carbonyl (C=O) groups excluding carboxylic acids is 1. The lowest BCUT2D eigenvalue weighted by Crippen LogP contribution is -2.21. The molecule has 4 aromatic rings. The number of thiazole rings is 1. The zero-order chi connectivity index (χ0) is 21.5. The highest BCUT2D eigenvalue weighted by molar-refractivity contribution is 7.90. The van der Waals surface area contributed by atoms with Crippen LogP contribution in [-0.4, -0.2) is 35.1 Å². The summed E-state index contributed by atoms with van der Waals surface area (Å²) in [7, 11) is -3.59. The lowest BCUT2D eigenvalue weighted by Gasteiger charge is -2.07. The number of sulfone groups is 1. The van der Waals surface area contributed by atoms with E-state index in [1.165, 1.54) is 27.0 Å². The second-order valence-corrected chi connectivity index (χ2v) is 9.89. The molecule has 30 heavy (non-hydrogen) atoms. The molecule has 1 amide bonds. The maximum atomic E-state index is 12.7. The smallest absolute Gasteiger partial charge is 0.246 e. The highest BCUT2D eigenvalue weighted by Gasteiger charge is 2.21. The zero-order valence-electron chi connectivity index (χ0n) is 16.7. The van der Waals surface area contributed by atoms with Crippen LogP contribution in [0.25, 0.3) is 22.3 Å². The fourth-order valence-electron chi connectivity index (χ4n) is 3.16. The van der Waals surface area contributed by atoms with Gasteiger partial charge in [0.1, 0.15) is 6.54 Å². The van der Waals surface area contributed by atoms with Crippen LogP contribution in [0, 0.1) is 13.8 Å². The predicted octanol–water partition coefficient (Wildman–Crippen LogP) is 3.82. The summed E-state index contributed by atoms with van der Waals surface area (Å²) in [6, 6.07) is 13.1. The van der Waals surface area contributed by atoms with Gasteiger partial charge in [-0.15, -0.1) is 11.3 Å². The number of aryl methyl sites for hydroxylation is 2. The predicted molar refractivity (Wildman–Crippen MR) is 118 cm³/mol. The third-order valence-corrected chi connectivity index (χ3v) is 6.54. The summed E-state index contributed by atoms with van der Waals surface area (Å²) < 4.78 is 25.7. The molecule has 0 fully saturated rings. The summed E-state index contributed by atoms with van der Waals surface area (Å²) in [5, 5.41) is 4.97. The Kier molecular flexibility index (Phi) is 5.17. The topological polar surface area (TPSA) is 94.0 Å². The number of para-hydroxylation sites is 2. The largest absolute Gasteiger partial charge is 0.305 e. The van der Waals surface area contributed by atoms with Crippen LogP contribution in [0.2, 0.25) is 0 Å². The fourth-order valence-corrected chi connectivity index (χ4v) is 4.72. The average Bonchev–Trinajstić information content (AvgIpc) is 3.29. The van der Waals surface area contributed by atoms with Gasteiger partial charge in [0.15, 0.2) is 5.13 Å². The second-order valence-electron chi connectivity index (χ2n) is 7.13. The summed E-state index contributed by atoms with van der Waals surface area (Å²) in [4.78, 5) is 21.3. The molecule has 1 N–H and O–H groups in total. The number of hydrogen-bond donors (Lipinski definition) is 1. The second kappa shape index (κ2) is 7.66. The van der Waals surface area contributed by atoms with Gasteiger partial charge < -0.3 is 9.88 Å². The molecule has 0 bridgehead atoms. The van der Waals surface area contributed by atoms with Gasteiger partial charge in [-0.3, -0.25) is 4.79 Å². The van der Waals surface area contributed by atoms with Gasteiger partial charge in [0.05, 0.1) is 16.7 Å². The number of nitrogens with one attached hydrogen (secondary N) is 1. The van der Waals surface area contributed by atoms with Crippen molar-refractivity contribution in [2.45, 2.75) is 25.5 Å². The molecule has 4 rings (SSSR count). The van der Waals surface area contributed by atoms with E-state index >= 15 is 0 Å². The summed E-state index contributed by atoms with van der Waals surface area (Å²) in [5.41, 5.74) is 5.25. The number of imidazole rings is 1. The normalized spacial score (nSPS) is 11.7. The Labute approximate surface area is 178 Å². The fraction of sp³-hybridized carbons (Fsp3) is 0.190. The summed E-state index contributed by atoms with van der Waals surface area (Å²) >= 11 is 1.32. The Hall–Kier alpha value is -3.04. The van der Waals surface area contributed by atoms with Crippen molar-refractivity contribution in [2.24, 2.45) is 0 Å². The minimum atomic E-state index is -3.59. The monoisotopic (exact) mass is 440 g/mol. The zero-order valence-corrected chi connectivity index (χ0v) is 18.3. The number of nitrogens with zero attached hydrogens (tertiary/aromatic N) is 3. The van der Waals surface area contributed by atoms with Gasteiger partial charge in [0, 0.05) is 17.2 Å². The molecule has 0 unspecified atom stereocenters. The van der Waals surface area contributed by atoms with E-state index in [-0.39, 0.29) is 17.6 Å². The molecule has 0 spiro atoms. The van der Waals surface area contributed by atoms with E-state index in [4.69, 9.17) is 0 Å². The third kappa shape index (κ3) is 3.99. The number of rotatable bonds is 5. The molecule has 2 heterocycles. The molecule has 0 saturated carbocycles. The van der Waals surface area contributed by atoms with Crippen LogP contribution >= 0.6 is 11.3 Å². The van der Waals surface area contributed by atoms with E-state index in [0.717, 1.165) is 17.5 Å². The van der Waals surface area contributed by atoms with E-state index in [9.17, 15) is 13.2 Å². The molecule has 9 heteroatoms. The van der Waals surface area contributed by atoms with Gasteiger partial charge >= 0.3 is 0 Å². The molecule has 0 radical (unpaired) electrons. The van der Waals surface area contributed by atoms with Gasteiger partial charge in [-0.1, -0.05) is 24.3 Å². The molecule has 7 nitrogen and oxygen atoms in total. The van der Waals surface area contributed by atoms with Gasteiger partial charge in [0.25, 0.3) is 0 Å². The van der Waals surface area contributed by atoms with Crippen molar-refractivity contribution in [1.29, 1.82) is 0 Å². The summed E-state index contributed by atoms with van der Waals surface area (Å²) in [5.74, 6) is -0.371. The standard InChI is InChI=1S/C21H20N4O3S2/c1-13-8-9-15(10-14(13)2)17-12-29-20(22-17)24-19(26)11-25-18-7-5-4-6-16(18)23-21(25)30(3,27)28/h4-10,12H,11H2,1-3H3,(H,22,24,26). The van der Waals surface area contributed by atoms with Crippen LogP contribution in [0.15, 0.2) is 53.0 Å². The number of anilines is 1. The van der Waals surface area contributed by atoms with Crippen molar-refractivity contribution in [3.05, 3.63) is 59.0 Å². The molecule has 0 saturated heterocycles. The molecular formula is C21H20N4O3S2. The first-order chi connectivity index (χ1) is 14.2. The average molecular weight is 441 g/mol. The summed E-state index contributed by atoms with van der Waals surface area (Å²) in [6.45, 7) is 3.92. The number of benzene rings is 2. The van der Waals surface area contributed by atoms with Crippen LogP contribution in [-0.2, 0) is 21.2 Å². The molecule has 0 aliphatic rings. The Morgan fingerprint density at radius 2 is 1.87 bits per heavy atom. The molecule has 0 aliphatic carbocycles. The molecule has 0 atom stereocenters. The van der Waals surface area contributed by atoms with Gasteiger partial charge in [0.2, 0.25) is 20.9 Å². The van der Waals surface area contributed by atoms with Gasteiger partial charge in [-0.05, 0) is 43.2 Å². The minimum Gasteiger partial charge on any atom is -0.305 e. The highest BCUT2D eigenvalue weighted by atomic mass is 32.2. The molecule has 0 aliphatic heterocycles. The van der Waals surface area contributed by atoms with Gasteiger partial charge in [-0.25, -0.2) is 18.4 Å². The van der Waals surface area contributed by atoms with Crippen LogP contribution in [0.5, 0.6) is 0 Å². The van der Waals surface area contributed by atoms with Crippen molar-refractivity contribution in [1.82, 2.24) is 14.5 Å². The maximum absolute atomic E-state index is 12.7. The van der Waals surface area contributed by atoms with Crippen LogP contribution < -0.4 is 5.32 Å². The number of fused-ring (bicyclic) bond motifs is 1. The maximum Gasteiger partial charge on any atom is 0.246 e. The first kappa shape index (κ1) is 20.2. The van der Waals surface area contributed by atoms with Crippen molar-refractivity contribution < 1.29 is 13.2 Å². The highest BCUT2D eigenvalue weighted by Crippen LogP contribution is 2.27. The Balaban J connectivity index is 1.58. The van der Waals surface area contributed by atoms with Crippen molar-refractivity contribution in [3.8, 4) is 11.3 Å². The molecule has 154 valence electrons. The van der Waals surface area contributed by atoms with Gasteiger partial charge in [-0.2, -0.15) is 0 Å². The van der Waals surface area contributed by atoms with Crippen molar-refractivity contribution in [3.63, 3.8) is 0 Å². The Morgan fingerprint density at radius 3 is 2.60 bits per heavy atom. The van der Waals surface area contributed by atoms with E-state index in [0.29, 0.717) is 16.2 Å². The lowest BCUT2D eigenvalue weighted by atomic mass is 10.1. The van der Waals surface area contributed by atoms with E-state index in [2.05, 4.69) is 28.3 Å². The van der Waals surface area contributed by atoms with Crippen LogP contribution in [0.3, 0.4) is 0 Å². The number of hydrogen-bond acceptors (Lipinski definition) is 6. The van der Waals surface area contributed by atoms with E-state index < -0.39 is 9.84 Å².